The van der Waals surface area contributed by atoms with Gasteiger partial charge in [0.1, 0.15) is 11.9 Å². The Hall–Kier alpha value is -4.07. The maximum atomic E-state index is 13.7. The average molecular weight is 486 g/mol. The van der Waals surface area contributed by atoms with Crippen LogP contribution in [0.25, 0.3) is 0 Å². The molecule has 3 amide bonds. The molecule has 0 saturated carbocycles. The number of amides is 3. The standard InChI is InChI=1S/C28H31N5O3/c1-3-8-20(21-9-7-13-30-18-21)17-25(34)33-26(28(36)32(2)22-10-5-4-6-11-22)23(27(33)35)15-19-12-14-31-24(29)16-19/h4-7,9-14,16,18,20,23,26H,3,8,15,17H2,1-2H3,(H2,29,31)/t20-,23-,26+/m1/s1. The number of nitrogen functional groups attached to an aromatic ring is 1. The van der Waals surface area contributed by atoms with Crippen molar-refractivity contribution in [3.05, 3.63) is 84.3 Å². The van der Waals surface area contributed by atoms with Crippen LogP contribution >= 0.6 is 0 Å². The van der Waals surface area contributed by atoms with Crippen molar-refractivity contribution in [1.29, 1.82) is 0 Å². The molecule has 8 nitrogen and oxygen atoms in total. The SMILES string of the molecule is CCC[C@H](CC(=O)N1C(=O)[C@H](Cc2ccnc(N)c2)[C@H]1C(=O)N(C)c1ccccc1)c1cccnc1. The highest BCUT2D eigenvalue weighted by Gasteiger charge is 2.55. The smallest absolute Gasteiger partial charge is 0.250 e. The molecule has 1 aliphatic heterocycles. The zero-order valence-electron chi connectivity index (χ0n) is 20.6. The number of benzene rings is 1. The third kappa shape index (κ3) is 5.27. The van der Waals surface area contributed by atoms with E-state index in [9.17, 15) is 14.4 Å². The Morgan fingerprint density at radius 1 is 1.11 bits per heavy atom. The Bertz CT molecular complexity index is 1220. The first-order chi connectivity index (χ1) is 17.4. The lowest BCUT2D eigenvalue weighted by Gasteiger charge is -2.46. The van der Waals surface area contributed by atoms with Crippen LogP contribution in [0.1, 0.15) is 43.2 Å². The number of pyridine rings is 2. The number of carbonyl (C=O) groups is 3. The molecular formula is C28H31N5O3. The molecule has 1 saturated heterocycles. The second-order valence-electron chi connectivity index (χ2n) is 9.16. The van der Waals surface area contributed by atoms with Crippen LogP contribution in [0.2, 0.25) is 0 Å². The van der Waals surface area contributed by atoms with Crippen LogP contribution in [0.3, 0.4) is 0 Å². The van der Waals surface area contributed by atoms with Crippen LogP contribution in [0, 0.1) is 5.92 Å². The summed E-state index contributed by atoms with van der Waals surface area (Å²) in [6.07, 6.45) is 7.13. The fraction of sp³-hybridized carbons (Fsp3) is 0.321. The van der Waals surface area contributed by atoms with Crippen molar-refractivity contribution in [3.8, 4) is 0 Å². The fourth-order valence-electron chi connectivity index (χ4n) is 4.82. The minimum atomic E-state index is -0.888. The average Bonchev–Trinajstić information content (AvgIpc) is 2.90. The van der Waals surface area contributed by atoms with Gasteiger partial charge in [0.05, 0.1) is 5.92 Å². The predicted molar refractivity (Wildman–Crippen MR) is 138 cm³/mol. The minimum absolute atomic E-state index is 0.0781. The fourth-order valence-corrected chi connectivity index (χ4v) is 4.82. The molecule has 1 aromatic carbocycles. The first-order valence-corrected chi connectivity index (χ1v) is 12.2. The molecule has 3 atom stereocenters. The molecule has 4 rings (SSSR count). The molecule has 0 unspecified atom stereocenters. The first kappa shape index (κ1) is 25.0. The van der Waals surface area contributed by atoms with Crippen molar-refractivity contribution in [2.45, 2.75) is 44.6 Å². The molecule has 8 heteroatoms. The van der Waals surface area contributed by atoms with Crippen molar-refractivity contribution in [2.75, 3.05) is 17.7 Å². The molecule has 1 fully saturated rings. The lowest BCUT2D eigenvalue weighted by atomic mass is 9.80. The Balaban J connectivity index is 1.60. The highest BCUT2D eigenvalue weighted by molar-refractivity contribution is 6.12. The van der Waals surface area contributed by atoms with Crippen LogP contribution in [-0.2, 0) is 20.8 Å². The lowest BCUT2D eigenvalue weighted by Crippen LogP contribution is -2.69. The van der Waals surface area contributed by atoms with Crippen molar-refractivity contribution in [1.82, 2.24) is 14.9 Å². The molecule has 0 spiro atoms. The van der Waals surface area contributed by atoms with Crippen molar-refractivity contribution in [3.63, 3.8) is 0 Å². The van der Waals surface area contributed by atoms with Gasteiger partial charge in [0.25, 0.3) is 5.91 Å². The van der Waals surface area contributed by atoms with E-state index in [4.69, 9.17) is 5.73 Å². The summed E-state index contributed by atoms with van der Waals surface area (Å²) in [7, 11) is 1.67. The number of nitrogens with zero attached hydrogens (tertiary/aromatic N) is 4. The quantitative estimate of drug-likeness (QED) is 0.464. The van der Waals surface area contributed by atoms with Gasteiger partial charge in [-0.2, -0.15) is 0 Å². The summed E-state index contributed by atoms with van der Waals surface area (Å²) >= 11 is 0. The number of nitrogens with two attached hydrogens (primary N) is 1. The van der Waals surface area contributed by atoms with Gasteiger partial charge in [-0.15, -0.1) is 0 Å². The molecule has 0 bridgehead atoms. The number of carbonyl (C=O) groups excluding carboxylic acids is 3. The molecule has 186 valence electrons. The second kappa shape index (κ2) is 11.1. The Morgan fingerprint density at radius 2 is 1.89 bits per heavy atom. The lowest BCUT2D eigenvalue weighted by molar-refractivity contribution is -0.170. The van der Waals surface area contributed by atoms with E-state index in [1.54, 1.807) is 37.8 Å². The number of imide groups is 1. The highest BCUT2D eigenvalue weighted by Crippen LogP contribution is 2.35. The van der Waals surface area contributed by atoms with E-state index < -0.39 is 12.0 Å². The normalized spacial score (nSPS) is 17.8. The van der Waals surface area contributed by atoms with Crippen molar-refractivity contribution in [2.24, 2.45) is 5.92 Å². The van der Waals surface area contributed by atoms with Crippen molar-refractivity contribution >= 4 is 29.2 Å². The maximum Gasteiger partial charge on any atom is 0.250 e. The molecule has 1 aliphatic rings. The van der Waals surface area contributed by atoms with E-state index in [1.165, 1.54) is 4.90 Å². The van der Waals surface area contributed by atoms with E-state index >= 15 is 0 Å². The van der Waals surface area contributed by atoms with Gasteiger partial charge in [0.15, 0.2) is 0 Å². The third-order valence-electron chi connectivity index (χ3n) is 6.72. The number of β-lactam (4-membered cyclic amide) rings is 1. The van der Waals surface area contributed by atoms with Crippen LogP contribution in [0.15, 0.2) is 73.2 Å². The summed E-state index contributed by atoms with van der Waals surface area (Å²) in [5.74, 6) is -1.36. The van der Waals surface area contributed by atoms with E-state index in [-0.39, 0.29) is 30.1 Å². The summed E-state index contributed by atoms with van der Waals surface area (Å²) in [4.78, 5) is 51.4. The minimum Gasteiger partial charge on any atom is -0.384 e. The van der Waals surface area contributed by atoms with Crippen LogP contribution in [-0.4, -0.2) is 45.7 Å². The summed E-state index contributed by atoms with van der Waals surface area (Å²) in [5, 5.41) is 0. The van der Waals surface area contributed by atoms with Crippen molar-refractivity contribution < 1.29 is 14.4 Å². The van der Waals surface area contributed by atoms with Gasteiger partial charge in [0, 0.05) is 37.7 Å². The number of rotatable bonds is 9. The predicted octanol–water partition coefficient (Wildman–Crippen LogP) is 3.59. The third-order valence-corrected chi connectivity index (χ3v) is 6.72. The highest BCUT2D eigenvalue weighted by atomic mass is 16.2. The van der Waals surface area contributed by atoms with Crippen LogP contribution in [0.5, 0.6) is 0 Å². The van der Waals surface area contributed by atoms with Gasteiger partial charge >= 0.3 is 0 Å². The topological polar surface area (TPSA) is 109 Å². The van der Waals surface area contributed by atoms with Gasteiger partial charge in [-0.05, 0) is 60.2 Å². The van der Waals surface area contributed by atoms with E-state index in [0.717, 1.165) is 28.9 Å². The van der Waals surface area contributed by atoms with Crippen LogP contribution in [0.4, 0.5) is 11.5 Å². The summed E-state index contributed by atoms with van der Waals surface area (Å²) in [6, 6.07) is 15.6. The maximum absolute atomic E-state index is 13.7. The summed E-state index contributed by atoms with van der Waals surface area (Å²) in [5.41, 5.74) is 8.27. The number of para-hydroxylation sites is 1. The Kier molecular flexibility index (Phi) is 7.73. The molecule has 36 heavy (non-hydrogen) atoms. The van der Waals surface area contributed by atoms with Gasteiger partial charge in [-0.1, -0.05) is 37.6 Å². The molecule has 3 aromatic rings. The van der Waals surface area contributed by atoms with Gasteiger partial charge in [0.2, 0.25) is 11.8 Å². The molecule has 2 N–H and O–H groups in total. The number of anilines is 2. The zero-order valence-corrected chi connectivity index (χ0v) is 20.6. The second-order valence-corrected chi connectivity index (χ2v) is 9.16. The molecule has 3 heterocycles. The number of aromatic nitrogens is 2. The zero-order chi connectivity index (χ0) is 25.7. The van der Waals surface area contributed by atoms with Gasteiger partial charge in [-0.3, -0.25) is 24.3 Å². The number of likely N-dealkylation sites (N-methyl/N-ethyl adjacent to an activating group) is 1. The molecule has 0 radical (unpaired) electrons. The van der Waals surface area contributed by atoms with E-state index in [0.29, 0.717) is 17.9 Å². The van der Waals surface area contributed by atoms with E-state index in [2.05, 4.69) is 16.9 Å². The molecule has 0 aliphatic carbocycles. The summed E-state index contributed by atoms with van der Waals surface area (Å²) in [6.45, 7) is 2.06. The van der Waals surface area contributed by atoms with Crippen LogP contribution < -0.4 is 10.6 Å². The Morgan fingerprint density at radius 3 is 2.56 bits per heavy atom. The number of hydrogen-bond acceptors (Lipinski definition) is 6. The van der Waals surface area contributed by atoms with Gasteiger partial charge < -0.3 is 10.6 Å². The Labute approximate surface area is 211 Å². The van der Waals surface area contributed by atoms with E-state index in [1.807, 2.05) is 42.5 Å². The van der Waals surface area contributed by atoms with Gasteiger partial charge in [-0.25, -0.2) is 4.98 Å². The molecule has 2 aromatic heterocycles. The number of likely N-dealkylation sites (tertiary alicyclic amines) is 1. The first-order valence-electron chi connectivity index (χ1n) is 12.2. The largest absolute Gasteiger partial charge is 0.384 e. The monoisotopic (exact) mass is 485 g/mol. The summed E-state index contributed by atoms with van der Waals surface area (Å²) < 4.78 is 0. The number of hydrogen-bond donors (Lipinski definition) is 1. The molecular weight excluding hydrogens is 454 g/mol.